The van der Waals surface area contributed by atoms with Gasteiger partial charge in [-0.2, -0.15) is 0 Å². The fraction of sp³-hybridized carbons (Fsp3) is 0.0811. The predicted octanol–water partition coefficient (Wildman–Crippen LogP) is 8.65. The van der Waals surface area contributed by atoms with Crippen molar-refractivity contribution in [2.45, 2.75) is 11.1 Å². The van der Waals surface area contributed by atoms with Gasteiger partial charge in [0.2, 0.25) is 0 Å². The Kier molecular flexibility index (Phi) is 6.33. The van der Waals surface area contributed by atoms with Crippen molar-refractivity contribution in [3.05, 3.63) is 145 Å². The lowest BCUT2D eigenvalue weighted by Gasteiger charge is -2.31. The van der Waals surface area contributed by atoms with E-state index in [0.29, 0.717) is 10.5 Å². The highest BCUT2D eigenvalue weighted by Crippen LogP contribution is 2.42. The molecule has 0 aromatic heterocycles. The molecule has 0 aliphatic carbocycles. The summed E-state index contributed by atoms with van der Waals surface area (Å²) in [7, 11) is -1.31. The molecule has 42 heavy (non-hydrogen) atoms. The molecule has 0 amide bonds. The van der Waals surface area contributed by atoms with Gasteiger partial charge in [0.05, 0.1) is 4.90 Å². The van der Waals surface area contributed by atoms with Crippen LogP contribution in [0.4, 0.5) is 5.69 Å². The molecule has 1 atom stereocenters. The van der Waals surface area contributed by atoms with Gasteiger partial charge < -0.3 is 9.80 Å². The van der Waals surface area contributed by atoms with Crippen LogP contribution in [-0.2, 0) is 9.84 Å². The zero-order valence-electron chi connectivity index (χ0n) is 23.5. The Bertz CT molecular complexity index is 2100. The van der Waals surface area contributed by atoms with Crippen LogP contribution in [0.1, 0.15) is 11.7 Å². The van der Waals surface area contributed by atoms with Crippen LogP contribution in [0, 0.1) is 0 Å². The molecule has 7 rings (SSSR count). The van der Waals surface area contributed by atoms with E-state index in [1.165, 1.54) is 11.8 Å². The summed E-state index contributed by atoms with van der Waals surface area (Å²) in [6.45, 7) is 0. The van der Waals surface area contributed by atoms with E-state index in [1.807, 2.05) is 24.3 Å². The second-order valence-electron chi connectivity index (χ2n) is 10.9. The highest BCUT2D eigenvalue weighted by molar-refractivity contribution is 7.90. The van der Waals surface area contributed by atoms with Gasteiger partial charge in [0.1, 0.15) is 6.17 Å². The van der Waals surface area contributed by atoms with E-state index in [9.17, 15) is 8.42 Å². The van der Waals surface area contributed by atoms with E-state index in [-0.39, 0.29) is 6.17 Å². The van der Waals surface area contributed by atoms with Gasteiger partial charge in [0, 0.05) is 37.0 Å². The van der Waals surface area contributed by atoms with Crippen molar-refractivity contribution in [1.29, 1.82) is 0 Å². The summed E-state index contributed by atoms with van der Waals surface area (Å²) >= 11 is 0. The normalized spacial score (nSPS) is 15.1. The summed E-state index contributed by atoms with van der Waals surface area (Å²) in [6.07, 6.45) is 5.50. The van der Waals surface area contributed by atoms with Gasteiger partial charge in [-0.15, -0.1) is 0 Å². The zero-order chi connectivity index (χ0) is 28.8. The molecular weight excluding hydrogens is 536 g/mol. The molecule has 0 saturated heterocycles. The molecule has 0 fully saturated rings. The summed E-state index contributed by atoms with van der Waals surface area (Å²) in [4.78, 5) is 4.87. The Morgan fingerprint density at radius 3 is 1.90 bits per heavy atom. The Labute approximate surface area is 246 Å². The number of hydrogen-bond acceptors (Lipinski definition) is 4. The summed E-state index contributed by atoms with van der Waals surface area (Å²) in [5.41, 5.74) is 6.08. The first-order valence-electron chi connectivity index (χ1n) is 14.0. The highest BCUT2D eigenvalue weighted by Gasteiger charge is 2.28. The molecule has 0 spiro atoms. The van der Waals surface area contributed by atoms with Gasteiger partial charge in [0.15, 0.2) is 9.84 Å². The Morgan fingerprint density at radius 2 is 1.19 bits per heavy atom. The van der Waals surface area contributed by atoms with E-state index in [2.05, 4.69) is 120 Å². The number of para-hydroxylation sites is 1. The van der Waals surface area contributed by atoms with Gasteiger partial charge in [-0.3, -0.25) is 0 Å². The predicted molar refractivity (Wildman–Crippen MR) is 174 cm³/mol. The average Bonchev–Trinajstić information content (AvgIpc) is 3.41. The number of nitrogens with zero attached hydrogens (tertiary/aromatic N) is 2. The van der Waals surface area contributed by atoms with Crippen LogP contribution >= 0.6 is 0 Å². The first kappa shape index (κ1) is 26.1. The fourth-order valence-corrected chi connectivity index (χ4v) is 7.09. The number of anilines is 1. The van der Waals surface area contributed by atoms with Crippen molar-refractivity contribution in [2.24, 2.45) is 0 Å². The molecule has 6 aromatic carbocycles. The van der Waals surface area contributed by atoms with Crippen LogP contribution < -0.4 is 4.90 Å². The van der Waals surface area contributed by atoms with Crippen molar-refractivity contribution in [2.75, 3.05) is 18.2 Å². The largest absolute Gasteiger partial charge is 0.355 e. The van der Waals surface area contributed by atoms with E-state index >= 15 is 0 Å². The maximum absolute atomic E-state index is 12.8. The molecule has 6 aromatic rings. The minimum absolute atomic E-state index is 0.0174. The molecule has 1 aliphatic rings. The van der Waals surface area contributed by atoms with Crippen molar-refractivity contribution < 1.29 is 8.42 Å². The third-order valence-electron chi connectivity index (χ3n) is 8.10. The van der Waals surface area contributed by atoms with E-state index in [0.717, 1.165) is 43.9 Å². The van der Waals surface area contributed by atoms with Crippen LogP contribution in [-0.4, -0.2) is 26.6 Å². The first-order valence-corrected chi connectivity index (χ1v) is 15.9. The fourth-order valence-electron chi connectivity index (χ4n) is 6.18. The number of hydrogen-bond donors (Lipinski definition) is 0. The third kappa shape index (κ3) is 4.52. The van der Waals surface area contributed by atoms with Crippen molar-refractivity contribution in [3.63, 3.8) is 0 Å². The van der Waals surface area contributed by atoms with Gasteiger partial charge in [0.25, 0.3) is 0 Å². The number of rotatable bonds is 5. The zero-order valence-corrected chi connectivity index (χ0v) is 24.3. The molecule has 5 heteroatoms. The van der Waals surface area contributed by atoms with Crippen molar-refractivity contribution in [1.82, 2.24) is 4.90 Å². The topological polar surface area (TPSA) is 40.6 Å². The molecule has 1 unspecified atom stereocenters. The van der Waals surface area contributed by atoms with Gasteiger partial charge in [-0.05, 0) is 86.3 Å². The van der Waals surface area contributed by atoms with Gasteiger partial charge in [-0.25, -0.2) is 8.42 Å². The van der Waals surface area contributed by atoms with Crippen molar-refractivity contribution >= 4 is 37.1 Å². The Hall–Kier alpha value is -4.87. The summed E-state index contributed by atoms with van der Waals surface area (Å²) in [5.74, 6) is 0. The molecule has 1 aliphatic heterocycles. The Balaban J connectivity index is 1.49. The van der Waals surface area contributed by atoms with E-state index in [4.69, 9.17) is 0 Å². The van der Waals surface area contributed by atoms with Crippen LogP contribution in [0.15, 0.2) is 145 Å². The summed E-state index contributed by atoms with van der Waals surface area (Å²) in [6, 6.07) is 43.4. The van der Waals surface area contributed by atoms with E-state index in [1.54, 1.807) is 12.1 Å². The molecule has 4 nitrogen and oxygen atoms in total. The average molecular weight is 567 g/mol. The van der Waals surface area contributed by atoms with Crippen LogP contribution in [0.2, 0.25) is 0 Å². The number of fused-ring (bicyclic) bond motifs is 2. The third-order valence-corrected chi connectivity index (χ3v) is 9.25. The first-order chi connectivity index (χ1) is 20.4. The van der Waals surface area contributed by atoms with Crippen LogP contribution in [0.5, 0.6) is 0 Å². The molecule has 0 N–H and O–H groups in total. The lowest BCUT2D eigenvalue weighted by atomic mass is 9.89. The van der Waals surface area contributed by atoms with Gasteiger partial charge in [-0.1, -0.05) is 84.9 Å². The van der Waals surface area contributed by atoms with E-state index < -0.39 is 9.84 Å². The minimum atomic E-state index is -3.42. The lowest BCUT2D eigenvalue weighted by Crippen LogP contribution is -2.28. The molecule has 0 bridgehead atoms. The maximum Gasteiger partial charge on any atom is 0.176 e. The summed E-state index contributed by atoms with van der Waals surface area (Å²) < 4.78 is 25.6. The molecule has 0 radical (unpaired) electrons. The molecular formula is C37H30N2O2S. The number of sulfone groups is 1. The highest BCUT2D eigenvalue weighted by atomic mass is 32.2. The monoisotopic (exact) mass is 566 g/mol. The lowest BCUT2D eigenvalue weighted by molar-refractivity contribution is 0.368. The summed E-state index contributed by atoms with van der Waals surface area (Å²) in [5, 5.41) is 4.50. The van der Waals surface area contributed by atoms with Crippen LogP contribution in [0.3, 0.4) is 0 Å². The van der Waals surface area contributed by atoms with Crippen LogP contribution in [0.25, 0.3) is 43.8 Å². The standard InChI is InChI=1S/C37H30N2O2S/c1-38-20-21-39(30-14-4-3-5-15-30)37(38)29-23-27-13-7-9-17-32(27)35(25-29)34-24-28(22-26-12-6-8-16-31(26)34)33-18-10-11-19-36(33)42(2,40)41/h3-25,37H,1-2H3. The SMILES string of the molecule is CN1C=CN(c2ccccc2)C1c1cc(-c2cc(-c3ccccc3S(C)(=O)=O)cc3ccccc23)c2ccccc2c1. The second kappa shape index (κ2) is 10.2. The maximum atomic E-state index is 12.8. The minimum Gasteiger partial charge on any atom is -0.355 e. The van der Waals surface area contributed by atoms with Crippen molar-refractivity contribution in [3.8, 4) is 22.3 Å². The smallest absolute Gasteiger partial charge is 0.176 e. The molecule has 1 heterocycles. The second-order valence-corrected chi connectivity index (χ2v) is 12.9. The quantitative estimate of drug-likeness (QED) is 0.209. The molecule has 0 saturated carbocycles. The Morgan fingerprint density at radius 1 is 0.595 bits per heavy atom. The molecule has 206 valence electrons. The number of benzene rings is 6. The van der Waals surface area contributed by atoms with Gasteiger partial charge >= 0.3 is 0 Å².